The van der Waals surface area contributed by atoms with Gasteiger partial charge in [0.2, 0.25) is 0 Å². The van der Waals surface area contributed by atoms with Gasteiger partial charge in [-0.25, -0.2) is 0 Å². The van der Waals surface area contributed by atoms with Crippen molar-refractivity contribution >= 4 is 41.5 Å². The van der Waals surface area contributed by atoms with Crippen molar-refractivity contribution < 1.29 is 7.15 Å². The van der Waals surface area contributed by atoms with Gasteiger partial charge in [-0.2, -0.15) is 0 Å². The third-order valence-corrected chi connectivity index (χ3v) is 19.8. The zero-order valence-corrected chi connectivity index (χ0v) is 15.2. The fraction of sp³-hybridized carbons (Fsp3) is 1.00. The molecule has 0 radical (unpaired) electrons. The summed E-state index contributed by atoms with van der Waals surface area (Å²) in [5, 5.41) is 0. The molecule has 13 heavy (non-hydrogen) atoms. The standard InChI is InChI=1S/2C4H9.2FH.O.2Sn.2H/c2*1-3-4-2;;;;;;;/h2*1,3-4H2,2H3;2*1H;;;;;/q;;;;;2*+1;;/p-2. The maximum absolute atomic E-state index is 13.1. The van der Waals surface area contributed by atoms with Crippen molar-refractivity contribution in [1.82, 2.24) is 0 Å². The average molecular weight is 408 g/mol. The van der Waals surface area contributed by atoms with E-state index < -0.39 is 41.5 Å². The molecule has 2 atom stereocenters. The summed E-state index contributed by atoms with van der Waals surface area (Å²) < 4.78 is 32.2. The van der Waals surface area contributed by atoms with Gasteiger partial charge in [0.15, 0.2) is 0 Å². The van der Waals surface area contributed by atoms with Crippen LogP contribution in [0.25, 0.3) is 0 Å². The van der Waals surface area contributed by atoms with Crippen LogP contribution in [0.15, 0.2) is 0 Å². The van der Waals surface area contributed by atoms with Gasteiger partial charge in [-0.1, -0.05) is 0 Å². The summed E-state index contributed by atoms with van der Waals surface area (Å²) in [5.74, 6) is 0. The number of hydrogen-bond acceptors (Lipinski definition) is 1. The Balaban J connectivity index is 3.35. The topological polar surface area (TPSA) is 9.23 Å². The molecular formula is C8H20F2OSn2. The molecule has 0 amide bonds. The minimum absolute atomic E-state index is 0.571. The summed E-state index contributed by atoms with van der Waals surface area (Å²) in [6, 6.07) is 0. The van der Waals surface area contributed by atoms with Crippen molar-refractivity contribution in [2.75, 3.05) is 0 Å². The van der Waals surface area contributed by atoms with Gasteiger partial charge in [-0.05, 0) is 0 Å². The molecule has 1 nitrogen and oxygen atoms in total. The maximum atomic E-state index is 13.1. The van der Waals surface area contributed by atoms with Crippen LogP contribution in [0.1, 0.15) is 39.5 Å². The predicted octanol–water partition coefficient (Wildman–Crippen LogP) is 2.98. The Morgan fingerprint density at radius 2 is 1.31 bits per heavy atom. The molecule has 0 heterocycles. The summed E-state index contributed by atoms with van der Waals surface area (Å²) in [6.45, 7) is 4.04. The molecule has 2 unspecified atom stereocenters. The number of halogens is 2. The van der Waals surface area contributed by atoms with Crippen molar-refractivity contribution in [2.24, 2.45) is 0 Å². The molecule has 0 saturated carbocycles. The van der Waals surface area contributed by atoms with E-state index in [-0.39, 0.29) is 0 Å². The Morgan fingerprint density at radius 1 is 0.923 bits per heavy atom. The van der Waals surface area contributed by atoms with Crippen LogP contribution in [0.3, 0.4) is 0 Å². The zero-order chi connectivity index (χ0) is 10.1. The van der Waals surface area contributed by atoms with Crippen molar-refractivity contribution in [1.29, 1.82) is 0 Å². The fourth-order valence-corrected chi connectivity index (χ4v) is 18.2. The molecule has 0 aliphatic rings. The number of hydrogen-bond donors (Lipinski definition) is 0. The summed E-state index contributed by atoms with van der Waals surface area (Å²) in [6.07, 6.45) is 3.73. The van der Waals surface area contributed by atoms with Gasteiger partial charge >= 0.3 is 97.0 Å². The normalized spacial score (nSPS) is 15.7. The van der Waals surface area contributed by atoms with Crippen LogP contribution in [-0.4, -0.2) is 41.5 Å². The molecule has 0 aromatic heterocycles. The van der Waals surface area contributed by atoms with Crippen LogP contribution in [0, 0.1) is 0 Å². The molecule has 0 aliphatic heterocycles. The molecule has 0 spiro atoms. The van der Waals surface area contributed by atoms with Gasteiger partial charge in [-0.15, -0.1) is 0 Å². The quantitative estimate of drug-likeness (QED) is 0.562. The van der Waals surface area contributed by atoms with Gasteiger partial charge in [0.05, 0.1) is 0 Å². The third kappa shape index (κ3) is 9.72. The molecule has 0 aliphatic carbocycles. The Kier molecular flexibility index (Phi) is 11.0. The van der Waals surface area contributed by atoms with Crippen LogP contribution in [0.2, 0.25) is 8.87 Å². The summed E-state index contributed by atoms with van der Waals surface area (Å²) in [4.78, 5) is 0. The van der Waals surface area contributed by atoms with E-state index in [4.69, 9.17) is 1.41 Å². The van der Waals surface area contributed by atoms with Gasteiger partial charge < -0.3 is 0 Å². The SMILES string of the molecule is CCC[CH2][SnH]([F])[O][SnH]([F])[CH2]CCC. The molecular weight excluding hydrogens is 388 g/mol. The molecule has 0 saturated heterocycles. The Morgan fingerprint density at radius 3 is 1.62 bits per heavy atom. The van der Waals surface area contributed by atoms with Crippen LogP contribution in [0.4, 0.5) is 5.73 Å². The number of rotatable bonds is 8. The molecule has 5 heteroatoms. The van der Waals surface area contributed by atoms with Crippen LogP contribution in [-0.2, 0) is 1.41 Å². The second-order valence-electron chi connectivity index (χ2n) is 3.24. The van der Waals surface area contributed by atoms with E-state index in [0.717, 1.165) is 25.7 Å². The number of unbranched alkanes of at least 4 members (excludes halogenated alkanes) is 2. The third-order valence-electron chi connectivity index (χ3n) is 1.86. The second kappa shape index (κ2) is 9.95. The fourth-order valence-electron chi connectivity index (χ4n) is 1.03. The summed E-state index contributed by atoms with van der Waals surface area (Å²) in [5.41, 5.74) is 0. The zero-order valence-electron chi connectivity index (χ0n) is 8.56. The van der Waals surface area contributed by atoms with E-state index in [1.165, 1.54) is 0 Å². The van der Waals surface area contributed by atoms with Crippen molar-refractivity contribution in [3.8, 4) is 0 Å². The molecule has 0 N–H and O–H groups in total. The van der Waals surface area contributed by atoms with Crippen LogP contribution < -0.4 is 0 Å². The Labute approximate surface area is 96.4 Å². The molecule has 0 aromatic carbocycles. The summed E-state index contributed by atoms with van der Waals surface area (Å²) >= 11 is -6.51. The van der Waals surface area contributed by atoms with Crippen LogP contribution in [0.5, 0.6) is 0 Å². The molecule has 0 fully saturated rings. The predicted molar refractivity (Wildman–Crippen MR) is 57.0 cm³/mol. The van der Waals surface area contributed by atoms with E-state index in [1.807, 2.05) is 13.8 Å². The Hall–Kier alpha value is 1.42. The molecule has 80 valence electrons. The van der Waals surface area contributed by atoms with Gasteiger partial charge in [0, 0.05) is 0 Å². The van der Waals surface area contributed by atoms with E-state index in [2.05, 4.69) is 0 Å². The van der Waals surface area contributed by atoms with Crippen molar-refractivity contribution in [3.05, 3.63) is 0 Å². The Bertz CT molecular complexity index is 104. The first kappa shape index (κ1) is 14.4. The second-order valence-corrected chi connectivity index (χ2v) is 17.2. The molecule has 0 rings (SSSR count). The van der Waals surface area contributed by atoms with E-state index in [9.17, 15) is 5.73 Å². The van der Waals surface area contributed by atoms with Crippen LogP contribution >= 0.6 is 0 Å². The van der Waals surface area contributed by atoms with Crippen molar-refractivity contribution in [3.63, 3.8) is 0 Å². The van der Waals surface area contributed by atoms with E-state index in [0.29, 0.717) is 8.87 Å². The first-order chi connectivity index (χ1) is 6.20. The van der Waals surface area contributed by atoms with Gasteiger partial charge in [-0.3, -0.25) is 0 Å². The summed E-state index contributed by atoms with van der Waals surface area (Å²) in [7, 11) is 0. The molecule has 0 bridgehead atoms. The monoisotopic (exact) mass is 410 g/mol. The van der Waals surface area contributed by atoms with Gasteiger partial charge in [0.25, 0.3) is 0 Å². The van der Waals surface area contributed by atoms with E-state index in [1.54, 1.807) is 0 Å². The van der Waals surface area contributed by atoms with Crippen molar-refractivity contribution in [2.45, 2.75) is 48.4 Å². The minimum atomic E-state index is -3.25. The van der Waals surface area contributed by atoms with E-state index >= 15 is 0 Å². The average Bonchev–Trinajstić information content (AvgIpc) is 2.11. The first-order valence-corrected chi connectivity index (χ1v) is 15.0. The molecule has 0 aromatic rings. The van der Waals surface area contributed by atoms with Gasteiger partial charge in [0.1, 0.15) is 0 Å². The first-order valence-electron chi connectivity index (χ1n) is 5.14.